The molecule has 0 bridgehead atoms. The van der Waals surface area contributed by atoms with Gasteiger partial charge in [-0.05, 0) is 25.0 Å². The highest BCUT2D eigenvalue weighted by atomic mass is 16.4. The zero-order valence-electron chi connectivity index (χ0n) is 13.1. The minimum absolute atomic E-state index is 0.0402. The van der Waals surface area contributed by atoms with Crippen LogP contribution in [0.15, 0.2) is 24.4 Å². The van der Waals surface area contributed by atoms with Gasteiger partial charge < -0.3 is 10.0 Å². The highest BCUT2D eigenvalue weighted by Gasteiger charge is 2.28. The topological polar surface area (TPSA) is 70.5 Å². The van der Waals surface area contributed by atoms with E-state index in [2.05, 4.69) is 4.98 Å². The second-order valence-corrected chi connectivity index (χ2v) is 6.11. The summed E-state index contributed by atoms with van der Waals surface area (Å²) < 4.78 is 0. The SMILES string of the molecule is CC(CN(Cc1ccccn1)C(=O)C1CCCCC1)C(=O)O. The van der Waals surface area contributed by atoms with Crippen LogP contribution in [0.1, 0.15) is 44.7 Å². The minimum Gasteiger partial charge on any atom is -0.481 e. The smallest absolute Gasteiger partial charge is 0.308 e. The Labute approximate surface area is 131 Å². The Bertz CT molecular complexity index is 498. The maximum atomic E-state index is 12.8. The second-order valence-electron chi connectivity index (χ2n) is 6.11. The van der Waals surface area contributed by atoms with Crippen molar-refractivity contribution in [3.63, 3.8) is 0 Å². The van der Waals surface area contributed by atoms with E-state index in [0.717, 1.165) is 31.4 Å². The van der Waals surface area contributed by atoms with Crippen LogP contribution in [0.5, 0.6) is 0 Å². The van der Waals surface area contributed by atoms with Gasteiger partial charge in [-0.15, -0.1) is 0 Å². The quantitative estimate of drug-likeness (QED) is 0.877. The molecule has 1 aromatic rings. The van der Waals surface area contributed by atoms with Crippen molar-refractivity contribution in [1.29, 1.82) is 0 Å². The van der Waals surface area contributed by atoms with Gasteiger partial charge in [-0.3, -0.25) is 14.6 Å². The molecule has 1 atom stereocenters. The van der Waals surface area contributed by atoms with E-state index in [9.17, 15) is 9.59 Å². The van der Waals surface area contributed by atoms with Crippen molar-refractivity contribution in [3.8, 4) is 0 Å². The van der Waals surface area contributed by atoms with Gasteiger partial charge >= 0.3 is 5.97 Å². The molecule has 1 aromatic heterocycles. The van der Waals surface area contributed by atoms with Gasteiger partial charge in [0.2, 0.25) is 5.91 Å². The summed E-state index contributed by atoms with van der Waals surface area (Å²) in [5, 5.41) is 9.14. The van der Waals surface area contributed by atoms with Gasteiger partial charge in [0.15, 0.2) is 0 Å². The number of carbonyl (C=O) groups is 2. The molecule has 1 N–H and O–H groups in total. The largest absolute Gasteiger partial charge is 0.481 e. The standard InChI is InChI=1S/C17H24N2O3/c1-13(17(21)22)11-19(12-15-9-5-6-10-18-15)16(20)14-7-3-2-4-8-14/h5-6,9-10,13-14H,2-4,7-8,11-12H2,1H3,(H,21,22). The van der Waals surface area contributed by atoms with E-state index in [1.54, 1.807) is 18.0 Å². The van der Waals surface area contributed by atoms with Gasteiger partial charge in [0, 0.05) is 18.7 Å². The molecule has 1 amide bonds. The molecule has 5 nitrogen and oxygen atoms in total. The molecule has 1 unspecified atom stereocenters. The third-order valence-corrected chi connectivity index (χ3v) is 4.26. The normalized spacial score (nSPS) is 17.0. The van der Waals surface area contributed by atoms with Crippen molar-refractivity contribution in [2.45, 2.75) is 45.6 Å². The van der Waals surface area contributed by atoms with E-state index in [1.807, 2.05) is 18.2 Å². The van der Waals surface area contributed by atoms with Crippen molar-refractivity contribution in [2.24, 2.45) is 11.8 Å². The summed E-state index contributed by atoms with van der Waals surface area (Å²) >= 11 is 0. The van der Waals surface area contributed by atoms with Crippen LogP contribution in [0.25, 0.3) is 0 Å². The second kappa shape index (κ2) is 7.92. The van der Waals surface area contributed by atoms with Crippen LogP contribution in [-0.2, 0) is 16.1 Å². The van der Waals surface area contributed by atoms with E-state index >= 15 is 0 Å². The monoisotopic (exact) mass is 304 g/mol. The number of aromatic nitrogens is 1. The zero-order chi connectivity index (χ0) is 15.9. The predicted molar refractivity (Wildman–Crippen MR) is 83.0 cm³/mol. The molecular formula is C17H24N2O3. The maximum Gasteiger partial charge on any atom is 0.308 e. The van der Waals surface area contributed by atoms with Crippen LogP contribution in [-0.4, -0.2) is 33.4 Å². The van der Waals surface area contributed by atoms with E-state index in [0.29, 0.717) is 6.54 Å². The van der Waals surface area contributed by atoms with E-state index in [4.69, 9.17) is 5.11 Å². The maximum absolute atomic E-state index is 12.8. The lowest BCUT2D eigenvalue weighted by Gasteiger charge is -2.30. The van der Waals surface area contributed by atoms with Crippen LogP contribution in [0, 0.1) is 11.8 Å². The fourth-order valence-corrected chi connectivity index (χ4v) is 2.94. The van der Waals surface area contributed by atoms with Crippen molar-refractivity contribution < 1.29 is 14.7 Å². The molecule has 5 heteroatoms. The first-order valence-electron chi connectivity index (χ1n) is 7.99. The highest BCUT2D eigenvalue weighted by Crippen LogP contribution is 2.26. The molecule has 1 fully saturated rings. The lowest BCUT2D eigenvalue weighted by molar-refractivity contribution is -0.144. The van der Waals surface area contributed by atoms with E-state index in [1.165, 1.54) is 6.42 Å². The first kappa shape index (κ1) is 16.5. The summed E-state index contributed by atoms with van der Waals surface area (Å²) in [5.74, 6) is -1.32. The number of nitrogens with zero attached hydrogens (tertiary/aromatic N) is 2. The Balaban J connectivity index is 2.09. The van der Waals surface area contributed by atoms with Crippen LogP contribution in [0.2, 0.25) is 0 Å². The average Bonchev–Trinajstić information content (AvgIpc) is 2.55. The lowest BCUT2D eigenvalue weighted by atomic mass is 9.88. The molecule has 0 aromatic carbocycles. The van der Waals surface area contributed by atoms with Crippen LogP contribution in [0.3, 0.4) is 0 Å². The van der Waals surface area contributed by atoms with Gasteiger partial charge in [0.1, 0.15) is 0 Å². The molecule has 0 radical (unpaired) electrons. The fraction of sp³-hybridized carbons (Fsp3) is 0.588. The molecule has 1 heterocycles. The van der Waals surface area contributed by atoms with Crippen LogP contribution in [0.4, 0.5) is 0 Å². The summed E-state index contributed by atoms with van der Waals surface area (Å²) in [6, 6.07) is 5.58. The van der Waals surface area contributed by atoms with Gasteiger partial charge in [-0.25, -0.2) is 0 Å². The minimum atomic E-state index is -0.873. The molecule has 0 spiro atoms. The Kier molecular flexibility index (Phi) is 5.92. The summed E-state index contributed by atoms with van der Waals surface area (Å²) in [7, 11) is 0. The number of aliphatic carboxylic acids is 1. The van der Waals surface area contributed by atoms with Gasteiger partial charge in [-0.1, -0.05) is 32.3 Å². The average molecular weight is 304 g/mol. The first-order valence-corrected chi connectivity index (χ1v) is 7.99. The Morgan fingerprint density at radius 1 is 1.32 bits per heavy atom. The number of carboxylic acid groups (broad SMARTS) is 1. The third kappa shape index (κ3) is 4.55. The van der Waals surface area contributed by atoms with Gasteiger partial charge in [0.05, 0.1) is 18.2 Å². The Hall–Kier alpha value is -1.91. The number of pyridine rings is 1. The zero-order valence-corrected chi connectivity index (χ0v) is 13.1. The number of rotatable bonds is 6. The molecule has 120 valence electrons. The number of amides is 1. The summed E-state index contributed by atoms with van der Waals surface area (Å²) in [6.45, 7) is 2.26. The van der Waals surface area contributed by atoms with Crippen molar-refractivity contribution in [1.82, 2.24) is 9.88 Å². The Morgan fingerprint density at radius 3 is 2.64 bits per heavy atom. The van der Waals surface area contributed by atoms with E-state index < -0.39 is 11.9 Å². The number of hydrogen-bond donors (Lipinski definition) is 1. The van der Waals surface area contributed by atoms with E-state index in [-0.39, 0.29) is 18.4 Å². The lowest BCUT2D eigenvalue weighted by Crippen LogP contribution is -2.40. The summed E-state index contributed by atoms with van der Waals surface area (Å²) in [4.78, 5) is 29.8. The number of carbonyl (C=O) groups excluding carboxylic acids is 1. The summed E-state index contributed by atoms with van der Waals surface area (Å²) in [6.07, 6.45) is 6.89. The molecule has 0 aliphatic heterocycles. The van der Waals surface area contributed by atoms with Crippen LogP contribution < -0.4 is 0 Å². The van der Waals surface area contributed by atoms with Gasteiger partial charge in [0.25, 0.3) is 0 Å². The molecule has 2 rings (SSSR count). The van der Waals surface area contributed by atoms with Gasteiger partial charge in [-0.2, -0.15) is 0 Å². The predicted octanol–water partition coefficient (Wildman–Crippen LogP) is 2.71. The number of carboxylic acids is 1. The van der Waals surface area contributed by atoms with Crippen molar-refractivity contribution >= 4 is 11.9 Å². The van der Waals surface area contributed by atoms with Crippen molar-refractivity contribution in [3.05, 3.63) is 30.1 Å². The first-order chi connectivity index (χ1) is 10.6. The molecular weight excluding hydrogens is 280 g/mol. The molecule has 1 aliphatic rings. The van der Waals surface area contributed by atoms with Crippen LogP contribution >= 0.6 is 0 Å². The molecule has 22 heavy (non-hydrogen) atoms. The molecule has 1 saturated carbocycles. The summed E-state index contributed by atoms with van der Waals surface area (Å²) in [5.41, 5.74) is 0.796. The Morgan fingerprint density at radius 2 is 2.05 bits per heavy atom. The van der Waals surface area contributed by atoms with Crippen molar-refractivity contribution in [2.75, 3.05) is 6.54 Å². The third-order valence-electron chi connectivity index (χ3n) is 4.26. The number of hydrogen-bond acceptors (Lipinski definition) is 3. The fourth-order valence-electron chi connectivity index (χ4n) is 2.94. The molecule has 0 saturated heterocycles. The highest BCUT2D eigenvalue weighted by molar-refractivity contribution is 5.79. The molecule has 1 aliphatic carbocycles.